The molecule has 0 aromatic heterocycles. The fourth-order valence-electron chi connectivity index (χ4n) is 3.76. The molecular formula is C22H28F2N6O2. The molecule has 1 atom stereocenters. The normalized spacial score (nSPS) is 19.1. The number of carbonyl (C=O) groups is 1. The summed E-state index contributed by atoms with van der Waals surface area (Å²) in [6.07, 6.45) is 3.72. The average molecular weight is 447 g/mol. The standard InChI is InChI=1S/C22H28F2N6O2/c1-13(31)30-7-5-19(28-15-6-8-32-12-15)17(11-30)22(26)29-21-18(23)4-3-16(20(21)24)14(9-25)10-27-2/h3-4,9-10,15,25,27-28H,5-8,11-12H2,1-2H3,(H2,26,29)/b14-10+,25-9?. The number of hydrogen-bond donors (Lipinski definition) is 5. The zero-order valence-corrected chi connectivity index (χ0v) is 18.1. The van der Waals surface area contributed by atoms with Crippen molar-refractivity contribution in [2.45, 2.75) is 25.8 Å². The van der Waals surface area contributed by atoms with Gasteiger partial charge in [-0.05, 0) is 18.6 Å². The van der Waals surface area contributed by atoms with E-state index in [1.807, 2.05) is 0 Å². The van der Waals surface area contributed by atoms with Crippen molar-refractivity contribution in [3.63, 3.8) is 0 Å². The minimum absolute atomic E-state index is 0.0236. The molecule has 1 aromatic carbocycles. The predicted octanol–water partition coefficient (Wildman–Crippen LogP) is 2.45. The van der Waals surface area contributed by atoms with Gasteiger partial charge in [0.25, 0.3) is 0 Å². The van der Waals surface area contributed by atoms with Crippen LogP contribution in [0.25, 0.3) is 5.57 Å². The number of amides is 1. The first-order valence-corrected chi connectivity index (χ1v) is 10.4. The fourth-order valence-corrected chi connectivity index (χ4v) is 3.76. The first-order chi connectivity index (χ1) is 15.3. The zero-order chi connectivity index (χ0) is 23.3. The fraction of sp³-hybridized carbons (Fsp3) is 0.409. The molecule has 0 saturated carbocycles. The summed E-state index contributed by atoms with van der Waals surface area (Å²) in [5, 5.41) is 24.7. The summed E-state index contributed by atoms with van der Waals surface area (Å²) >= 11 is 0. The third-order valence-electron chi connectivity index (χ3n) is 5.51. The Morgan fingerprint density at radius 3 is 2.75 bits per heavy atom. The third-order valence-corrected chi connectivity index (χ3v) is 5.51. The van der Waals surface area contributed by atoms with Gasteiger partial charge in [0.05, 0.1) is 19.2 Å². The largest absolute Gasteiger partial charge is 0.393 e. The van der Waals surface area contributed by atoms with Gasteiger partial charge in [0.1, 0.15) is 17.3 Å². The third kappa shape index (κ3) is 5.13. The smallest absolute Gasteiger partial charge is 0.219 e. The van der Waals surface area contributed by atoms with E-state index in [2.05, 4.69) is 16.0 Å². The van der Waals surface area contributed by atoms with Crippen molar-refractivity contribution in [2.24, 2.45) is 0 Å². The molecule has 32 heavy (non-hydrogen) atoms. The topological polar surface area (TPSA) is 113 Å². The Balaban J connectivity index is 1.93. The molecule has 172 valence electrons. The van der Waals surface area contributed by atoms with Crippen LogP contribution in [0.2, 0.25) is 0 Å². The lowest BCUT2D eigenvalue weighted by atomic mass is 10.0. The van der Waals surface area contributed by atoms with Gasteiger partial charge in [-0.15, -0.1) is 0 Å². The number of carbonyl (C=O) groups excluding carboxylic acids is 1. The summed E-state index contributed by atoms with van der Waals surface area (Å²) < 4.78 is 35.1. The van der Waals surface area contributed by atoms with Crippen LogP contribution in [0.5, 0.6) is 0 Å². The molecular weight excluding hydrogens is 418 g/mol. The Morgan fingerprint density at radius 1 is 1.34 bits per heavy atom. The van der Waals surface area contributed by atoms with E-state index in [-0.39, 0.29) is 35.5 Å². The van der Waals surface area contributed by atoms with Crippen LogP contribution < -0.4 is 16.0 Å². The Hall–Kier alpha value is -3.27. The highest BCUT2D eigenvalue weighted by molar-refractivity contribution is 6.10. The van der Waals surface area contributed by atoms with Crippen LogP contribution in [-0.2, 0) is 9.53 Å². The lowest BCUT2D eigenvalue weighted by molar-refractivity contribution is -0.128. The summed E-state index contributed by atoms with van der Waals surface area (Å²) in [4.78, 5) is 13.5. The van der Waals surface area contributed by atoms with Crippen molar-refractivity contribution in [1.82, 2.24) is 15.5 Å². The van der Waals surface area contributed by atoms with Crippen molar-refractivity contribution in [3.8, 4) is 0 Å². The van der Waals surface area contributed by atoms with E-state index in [1.54, 1.807) is 11.9 Å². The zero-order valence-electron chi connectivity index (χ0n) is 18.1. The lowest BCUT2D eigenvalue weighted by Crippen LogP contribution is -2.43. The van der Waals surface area contributed by atoms with Gasteiger partial charge < -0.3 is 31.0 Å². The highest BCUT2D eigenvalue weighted by Gasteiger charge is 2.27. The highest BCUT2D eigenvalue weighted by Crippen LogP contribution is 2.28. The molecule has 1 saturated heterocycles. The highest BCUT2D eigenvalue weighted by atomic mass is 19.1. The number of anilines is 1. The summed E-state index contributed by atoms with van der Waals surface area (Å²) in [7, 11) is 1.61. The Bertz CT molecular complexity index is 969. The van der Waals surface area contributed by atoms with Gasteiger partial charge in [0.2, 0.25) is 5.91 Å². The molecule has 10 heteroatoms. The first-order valence-electron chi connectivity index (χ1n) is 10.4. The molecule has 2 aliphatic heterocycles. The van der Waals surface area contributed by atoms with Crippen molar-refractivity contribution < 1.29 is 18.3 Å². The number of rotatable bonds is 7. The van der Waals surface area contributed by atoms with Gasteiger partial charge >= 0.3 is 0 Å². The van der Waals surface area contributed by atoms with Gasteiger partial charge in [-0.3, -0.25) is 10.2 Å². The number of nitrogens with zero attached hydrogens (tertiary/aromatic N) is 1. The SMILES string of the molecule is CN/C=C(\C=N)c1ccc(F)c(NC(=N)C2=C(NC3CCOC3)CCN(C(C)=O)C2)c1F. The van der Waals surface area contributed by atoms with Crippen molar-refractivity contribution in [3.05, 3.63) is 46.8 Å². The quantitative estimate of drug-likeness (QED) is 0.326. The number of amidine groups is 1. The summed E-state index contributed by atoms with van der Waals surface area (Å²) in [6, 6.07) is 2.43. The van der Waals surface area contributed by atoms with Gasteiger partial charge in [0, 0.05) is 68.4 Å². The van der Waals surface area contributed by atoms with E-state index >= 15 is 4.39 Å². The van der Waals surface area contributed by atoms with E-state index < -0.39 is 17.3 Å². The first kappa shape index (κ1) is 23.4. The molecule has 0 spiro atoms. The maximum Gasteiger partial charge on any atom is 0.219 e. The molecule has 0 aliphatic carbocycles. The molecule has 3 rings (SSSR count). The molecule has 1 unspecified atom stereocenters. The van der Waals surface area contributed by atoms with Gasteiger partial charge in [-0.2, -0.15) is 0 Å². The molecule has 2 aliphatic rings. The van der Waals surface area contributed by atoms with Crippen LogP contribution in [0.15, 0.2) is 29.6 Å². The molecule has 8 nitrogen and oxygen atoms in total. The molecule has 1 amide bonds. The summed E-state index contributed by atoms with van der Waals surface area (Å²) in [5.41, 5.74) is 1.01. The number of benzene rings is 1. The van der Waals surface area contributed by atoms with Crippen LogP contribution in [0.3, 0.4) is 0 Å². The maximum absolute atomic E-state index is 15.2. The Morgan fingerprint density at radius 2 is 2.12 bits per heavy atom. The van der Waals surface area contributed by atoms with Gasteiger partial charge in [0.15, 0.2) is 5.82 Å². The molecule has 0 radical (unpaired) electrons. The molecule has 1 fully saturated rings. The number of allylic oxidation sites excluding steroid dienone is 1. The van der Waals surface area contributed by atoms with E-state index in [1.165, 1.54) is 19.2 Å². The second-order valence-electron chi connectivity index (χ2n) is 7.67. The van der Waals surface area contributed by atoms with E-state index in [0.29, 0.717) is 31.8 Å². The predicted molar refractivity (Wildman–Crippen MR) is 120 cm³/mol. The van der Waals surface area contributed by atoms with E-state index in [9.17, 15) is 9.18 Å². The minimum atomic E-state index is -0.904. The van der Waals surface area contributed by atoms with E-state index in [4.69, 9.17) is 15.6 Å². The lowest BCUT2D eigenvalue weighted by Gasteiger charge is -2.32. The number of hydrogen-bond acceptors (Lipinski definition) is 6. The van der Waals surface area contributed by atoms with Crippen LogP contribution in [0.4, 0.5) is 14.5 Å². The van der Waals surface area contributed by atoms with Crippen molar-refractivity contribution in [1.29, 1.82) is 10.8 Å². The van der Waals surface area contributed by atoms with Crippen LogP contribution in [0, 0.1) is 22.5 Å². The number of nitrogens with one attached hydrogen (secondary N) is 5. The molecule has 2 heterocycles. The molecule has 0 bridgehead atoms. The second kappa shape index (κ2) is 10.4. The monoisotopic (exact) mass is 446 g/mol. The number of halogens is 2. The van der Waals surface area contributed by atoms with E-state index in [0.717, 1.165) is 24.4 Å². The molecule has 1 aromatic rings. The average Bonchev–Trinajstić information content (AvgIpc) is 3.28. The summed E-state index contributed by atoms with van der Waals surface area (Å²) in [6.45, 7) is 3.30. The van der Waals surface area contributed by atoms with Crippen LogP contribution >= 0.6 is 0 Å². The Labute approximate surface area is 185 Å². The van der Waals surface area contributed by atoms with Gasteiger partial charge in [-0.25, -0.2) is 8.78 Å². The molecule has 5 N–H and O–H groups in total. The van der Waals surface area contributed by atoms with Crippen molar-refractivity contribution >= 4 is 29.2 Å². The maximum atomic E-state index is 15.2. The van der Waals surface area contributed by atoms with Crippen LogP contribution in [-0.4, -0.2) is 62.3 Å². The van der Waals surface area contributed by atoms with Gasteiger partial charge in [-0.1, -0.05) is 0 Å². The van der Waals surface area contributed by atoms with Crippen molar-refractivity contribution in [2.75, 3.05) is 38.7 Å². The van der Waals surface area contributed by atoms with Crippen LogP contribution in [0.1, 0.15) is 25.3 Å². The summed E-state index contributed by atoms with van der Waals surface area (Å²) in [5.74, 6) is -2.09. The number of ether oxygens (including phenoxy) is 1. The minimum Gasteiger partial charge on any atom is -0.393 e. The second-order valence-corrected chi connectivity index (χ2v) is 7.67. The Kier molecular flexibility index (Phi) is 7.57.